The fourth-order valence-corrected chi connectivity index (χ4v) is 1.10. The smallest absolute Gasteiger partial charge is 0.223 e. The zero-order chi connectivity index (χ0) is 8.10. The molecule has 0 aromatic carbocycles. The van der Waals surface area contributed by atoms with Crippen molar-refractivity contribution in [3.8, 4) is 0 Å². The zero-order valence-corrected chi connectivity index (χ0v) is 6.97. The molecule has 1 rings (SSSR count). The van der Waals surface area contributed by atoms with E-state index in [2.05, 4.69) is 11.4 Å². The van der Waals surface area contributed by atoms with Crippen LogP contribution in [0.25, 0.3) is 0 Å². The summed E-state index contributed by atoms with van der Waals surface area (Å²) in [6.07, 6.45) is 8.65. The van der Waals surface area contributed by atoms with Crippen molar-refractivity contribution in [3.05, 3.63) is 12.2 Å². The first-order valence-electron chi connectivity index (χ1n) is 4.20. The molecule has 0 atom stereocenters. The Bertz CT molecular complexity index is 159. The van der Waals surface area contributed by atoms with Crippen molar-refractivity contribution in [1.82, 2.24) is 5.32 Å². The first-order valence-corrected chi connectivity index (χ1v) is 4.20. The molecule has 0 radical (unpaired) electrons. The highest BCUT2D eigenvalue weighted by Crippen LogP contribution is 2.27. The SMILES string of the molecule is CNC(=O)CC=CC1CCC1. The zero-order valence-electron chi connectivity index (χ0n) is 6.97. The monoisotopic (exact) mass is 153 g/mol. The van der Waals surface area contributed by atoms with Crippen molar-refractivity contribution in [1.29, 1.82) is 0 Å². The van der Waals surface area contributed by atoms with Crippen LogP contribution in [0, 0.1) is 5.92 Å². The maximum absolute atomic E-state index is 10.7. The quantitative estimate of drug-likeness (QED) is 0.611. The molecule has 0 saturated heterocycles. The molecule has 0 unspecified atom stereocenters. The Labute approximate surface area is 67.7 Å². The highest BCUT2D eigenvalue weighted by Gasteiger charge is 2.12. The third kappa shape index (κ3) is 2.74. The van der Waals surface area contributed by atoms with Gasteiger partial charge < -0.3 is 5.32 Å². The van der Waals surface area contributed by atoms with Crippen molar-refractivity contribution in [2.75, 3.05) is 7.05 Å². The lowest BCUT2D eigenvalue weighted by atomic mass is 9.85. The first-order chi connectivity index (χ1) is 5.33. The third-order valence-corrected chi connectivity index (χ3v) is 2.14. The Morgan fingerprint density at radius 3 is 2.82 bits per heavy atom. The predicted octanol–water partition coefficient (Wildman–Crippen LogP) is 1.48. The van der Waals surface area contributed by atoms with Crippen LogP contribution in [0.3, 0.4) is 0 Å². The van der Waals surface area contributed by atoms with E-state index < -0.39 is 0 Å². The fraction of sp³-hybridized carbons (Fsp3) is 0.667. The Morgan fingerprint density at radius 1 is 1.64 bits per heavy atom. The van der Waals surface area contributed by atoms with Crippen molar-refractivity contribution in [2.45, 2.75) is 25.7 Å². The molecule has 62 valence electrons. The predicted molar refractivity (Wildman–Crippen MR) is 45.2 cm³/mol. The summed E-state index contributed by atoms with van der Waals surface area (Å²) in [4.78, 5) is 10.7. The summed E-state index contributed by atoms with van der Waals surface area (Å²) in [7, 11) is 1.67. The second-order valence-electron chi connectivity index (χ2n) is 3.00. The van der Waals surface area contributed by atoms with Gasteiger partial charge in [-0.1, -0.05) is 18.6 Å². The number of nitrogens with one attached hydrogen (secondary N) is 1. The first kappa shape index (κ1) is 8.31. The maximum Gasteiger partial charge on any atom is 0.223 e. The lowest BCUT2D eigenvalue weighted by Crippen LogP contribution is -2.16. The molecular formula is C9H15NO. The van der Waals surface area contributed by atoms with Crippen molar-refractivity contribution in [3.63, 3.8) is 0 Å². The fourth-order valence-electron chi connectivity index (χ4n) is 1.10. The van der Waals surface area contributed by atoms with Crippen LogP contribution in [-0.4, -0.2) is 13.0 Å². The molecule has 1 amide bonds. The van der Waals surface area contributed by atoms with Gasteiger partial charge in [-0.05, 0) is 18.8 Å². The molecule has 0 aliphatic heterocycles. The van der Waals surface area contributed by atoms with Crippen LogP contribution in [-0.2, 0) is 4.79 Å². The number of rotatable bonds is 3. The van der Waals surface area contributed by atoms with Gasteiger partial charge in [0.05, 0.1) is 0 Å². The van der Waals surface area contributed by atoms with Gasteiger partial charge in [0, 0.05) is 13.5 Å². The average Bonchev–Trinajstić information content (AvgIpc) is 1.94. The summed E-state index contributed by atoms with van der Waals surface area (Å²) in [5.41, 5.74) is 0. The van der Waals surface area contributed by atoms with E-state index >= 15 is 0 Å². The second-order valence-corrected chi connectivity index (χ2v) is 3.00. The Morgan fingerprint density at radius 2 is 2.36 bits per heavy atom. The molecule has 1 saturated carbocycles. The number of hydrogen-bond donors (Lipinski definition) is 1. The molecule has 1 aliphatic rings. The van der Waals surface area contributed by atoms with Gasteiger partial charge in [-0.15, -0.1) is 0 Å². The second kappa shape index (κ2) is 4.16. The summed E-state index contributed by atoms with van der Waals surface area (Å²) < 4.78 is 0. The Hall–Kier alpha value is -0.790. The van der Waals surface area contributed by atoms with E-state index in [-0.39, 0.29) is 5.91 Å². The number of amides is 1. The van der Waals surface area contributed by atoms with E-state index in [1.54, 1.807) is 7.05 Å². The molecule has 1 N–H and O–H groups in total. The van der Waals surface area contributed by atoms with Gasteiger partial charge in [0.15, 0.2) is 0 Å². The summed E-state index contributed by atoms with van der Waals surface area (Å²) in [6.45, 7) is 0. The van der Waals surface area contributed by atoms with E-state index in [1.807, 2.05) is 6.08 Å². The van der Waals surface area contributed by atoms with Crippen LogP contribution in [0.5, 0.6) is 0 Å². The number of hydrogen-bond acceptors (Lipinski definition) is 1. The molecule has 1 aliphatic carbocycles. The van der Waals surface area contributed by atoms with Gasteiger partial charge in [0.2, 0.25) is 5.91 Å². The van der Waals surface area contributed by atoms with E-state index in [0.717, 1.165) is 5.92 Å². The van der Waals surface area contributed by atoms with E-state index in [1.165, 1.54) is 19.3 Å². The maximum atomic E-state index is 10.7. The average molecular weight is 153 g/mol. The minimum atomic E-state index is 0.0978. The molecule has 0 spiro atoms. The van der Waals surface area contributed by atoms with E-state index in [0.29, 0.717) is 6.42 Å². The standard InChI is InChI=1S/C9H15NO/c1-10-9(11)7-3-6-8-4-2-5-8/h3,6,8H,2,4-5,7H2,1H3,(H,10,11). The lowest BCUT2D eigenvalue weighted by Gasteiger charge is -2.21. The van der Waals surface area contributed by atoms with Gasteiger partial charge in [-0.25, -0.2) is 0 Å². The van der Waals surface area contributed by atoms with Crippen molar-refractivity contribution in [2.24, 2.45) is 5.92 Å². The van der Waals surface area contributed by atoms with Gasteiger partial charge >= 0.3 is 0 Å². The molecule has 0 aromatic rings. The van der Waals surface area contributed by atoms with E-state index in [9.17, 15) is 4.79 Å². The Balaban J connectivity index is 2.09. The highest BCUT2D eigenvalue weighted by molar-refractivity contribution is 5.76. The number of carbonyl (C=O) groups excluding carboxylic acids is 1. The minimum Gasteiger partial charge on any atom is -0.359 e. The molecule has 11 heavy (non-hydrogen) atoms. The number of carbonyl (C=O) groups is 1. The molecule has 0 bridgehead atoms. The molecule has 2 heteroatoms. The van der Waals surface area contributed by atoms with Gasteiger partial charge in [0.1, 0.15) is 0 Å². The summed E-state index contributed by atoms with van der Waals surface area (Å²) in [5, 5.41) is 2.58. The molecule has 2 nitrogen and oxygen atoms in total. The molecular weight excluding hydrogens is 138 g/mol. The molecule has 0 heterocycles. The van der Waals surface area contributed by atoms with Crippen LogP contribution in [0.2, 0.25) is 0 Å². The molecule has 0 aromatic heterocycles. The largest absolute Gasteiger partial charge is 0.359 e. The van der Waals surface area contributed by atoms with Gasteiger partial charge in [-0.2, -0.15) is 0 Å². The Kier molecular flexibility index (Phi) is 3.14. The third-order valence-electron chi connectivity index (χ3n) is 2.14. The van der Waals surface area contributed by atoms with Crippen molar-refractivity contribution < 1.29 is 4.79 Å². The van der Waals surface area contributed by atoms with E-state index in [4.69, 9.17) is 0 Å². The van der Waals surface area contributed by atoms with Gasteiger partial charge in [0.25, 0.3) is 0 Å². The highest BCUT2D eigenvalue weighted by atomic mass is 16.1. The minimum absolute atomic E-state index is 0.0978. The normalized spacial score (nSPS) is 18.3. The topological polar surface area (TPSA) is 29.1 Å². The summed E-state index contributed by atoms with van der Waals surface area (Å²) in [5.74, 6) is 0.861. The van der Waals surface area contributed by atoms with Crippen LogP contribution >= 0.6 is 0 Å². The lowest BCUT2D eigenvalue weighted by molar-refractivity contribution is -0.119. The van der Waals surface area contributed by atoms with Crippen LogP contribution in [0.4, 0.5) is 0 Å². The van der Waals surface area contributed by atoms with Crippen LogP contribution in [0.1, 0.15) is 25.7 Å². The molecule has 1 fully saturated rings. The van der Waals surface area contributed by atoms with Crippen LogP contribution in [0.15, 0.2) is 12.2 Å². The van der Waals surface area contributed by atoms with Gasteiger partial charge in [-0.3, -0.25) is 4.79 Å². The van der Waals surface area contributed by atoms with Crippen molar-refractivity contribution >= 4 is 5.91 Å². The van der Waals surface area contributed by atoms with Crippen LogP contribution < -0.4 is 5.32 Å². The number of allylic oxidation sites excluding steroid dienone is 1. The summed E-state index contributed by atoms with van der Waals surface area (Å²) in [6, 6.07) is 0. The summed E-state index contributed by atoms with van der Waals surface area (Å²) >= 11 is 0.